The third-order valence-corrected chi connectivity index (χ3v) is 5.50. The van der Waals surface area contributed by atoms with Crippen LogP contribution >= 0.6 is 15.9 Å². The van der Waals surface area contributed by atoms with Crippen LogP contribution in [0, 0.1) is 5.41 Å². The first-order valence-electron chi connectivity index (χ1n) is 7.50. The molecule has 0 unspecified atom stereocenters. The number of hydrogen-bond acceptors (Lipinski definition) is 2. The van der Waals surface area contributed by atoms with Gasteiger partial charge < -0.3 is 9.30 Å². The van der Waals surface area contributed by atoms with Crippen molar-refractivity contribution < 1.29 is 0 Å². The molecule has 0 aromatic carbocycles. The minimum absolute atomic E-state index is 0.486. The van der Waals surface area contributed by atoms with E-state index in [-0.39, 0.29) is 0 Å². The highest BCUT2D eigenvalue weighted by molar-refractivity contribution is 9.08. The minimum atomic E-state index is 0.486. The highest BCUT2D eigenvalue weighted by Gasteiger charge is 2.36. The van der Waals surface area contributed by atoms with Gasteiger partial charge in [0.15, 0.2) is 5.82 Å². The fraction of sp³-hybridized carbons (Fsp3) is 0.562. The Kier molecular flexibility index (Phi) is 3.76. The molecule has 1 saturated heterocycles. The summed E-state index contributed by atoms with van der Waals surface area (Å²) in [7, 11) is 0. The molecular weight excluding hydrogens is 314 g/mol. The van der Waals surface area contributed by atoms with E-state index in [9.17, 15) is 0 Å². The van der Waals surface area contributed by atoms with Gasteiger partial charge in [-0.3, -0.25) is 0 Å². The van der Waals surface area contributed by atoms with E-state index in [1.165, 1.54) is 25.0 Å². The summed E-state index contributed by atoms with van der Waals surface area (Å²) in [5.41, 5.74) is 2.80. The van der Waals surface area contributed by atoms with Gasteiger partial charge in [0.1, 0.15) is 5.65 Å². The highest BCUT2D eigenvalue weighted by atomic mass is 79.9. The van der Waals surface area contributed by atoms with Crippen LogP contribution in [0.1, 0.15) is 38.8 Å². The summed E-state index contributed by atoms with van der Waals surface area (Å²) in [6.45, 7) is 6.92. The number of pyridine rings is 1. The van der Waals surface area contributed by atoms with Gasteiger partial charge in [-0.25, -0.2) is 4.98 Å². The van der Waals surface area contributed by atoms with Crippen LogP contribution in [0.5, 0.6) is 0 Å². The molecule has 0 aliphatic carbocycles. The van der Waals surface area contributed by atoms with E-state index < -0.39 is 0 Å². The predicted octanol–water partition coefficient (Wildman–Crippen LogP) is 4.25. The van der Waals surface area contributed by atoms with E-state index in [1.807, 2.05) is 0 Å². The lowest BCUT2D eigenvalue weighted by molar-refractivity contribution is 0.301. The second-order valence-electron chi connectivity index (χ2n) is 5.82. The first-order chi connectivity index (χ1) is 9.73. The van der Waals surface area contributed by atoms with Crippen molar-refractivity contribution in [2.75, 3.05) is 18.0 Å². The number of hydrogen-bond donors (Lipinski definition) is 0. The topological polar surface area (TPSA) is 20.5 Å². The number of fused-ring (bicyclic) bond motifs is 1. The van der Waals surface area contributed by atoms with E-state index in [4.69, 9.17) is 4.98 Å². The zero-order valence-corrected chi connectivity index (χ0v) is 13.9. The molecule has 1 aliphatic rings. The second-order valence-corrected chi connectivity index (χ2v) is 6.38. The zero-order chi connectivity index (χ0) is 14.2. The van der Waals surface area contributed by atoms with Crippen molar-refractivity contribution in [2.45, 2.75) is 38.4 Å². The lowest BCUT2D eigenvalue weighted by atomic mass is 9.82. The van der Waals surface area contributed by atoms with Crippen LogP contribution in [-0.4, -0.2) is 22.5 Å². The molecular formula is C16H22BrN3. The van der Waals surface area contributed by atoms with E-state index in [0.29, 0.717) is 5.41 Å². The summed E-state index contributed by atoms with van der Waals surface area (Å²) in [6, 6.07) is 6.20. The van der Waals surface area contributed by atoms with E-state index in [2.05, 4.69) is 63.5 Å². The quantitative estimate of drug-likeness (QED) is 0.778. The van der Waals surface area contributed by atoms with Crippen molar-refractivity contribution >= 4 is 27.4 Å². The molecule has 0 bridgehead atoms. The molecule has 4 heteroatoms. The zero-order valence-electron chi connectivity index (χ0n) is 12.3. The van der Waals surface area contributed by atoms with Gasteiger partial charge in [0.05, 0.1) is 5.69 Å². The maximum absolute atomic E-state index is 4.86. The van der Waals surface area contributed by atoms with Gasteiger partial charge in [-0.1, -0.05) is 35.8 Å². The molecule has 2 aromatic rings. The molecule has 0 N–H and O–H groups in total. The van der Waals surface area contributed by atoms with Gasteiger partial charge in [-0.2, -0.15) is 0 Å². The SMILES string of the molecule is CCC1(CC)CCN(c2nc3ccccn3c2CBr)C1. The number of anilines is 1. The lowest BCUT2D eigenvalue weighted by Gasteiger charge is -2.26. The fourth-order valence-corrected chi connectivity index (χ4v) is 3.88. The standard InChI is InChI=1S/C16H22BrN3/c1-3-16(4-2)8-10-19(12-16)15-13(11-17)20-9-6-5-7-14(20)18-15/h5-7,9H,3-4,8,10-12H2,1-2H3. The van der Waals surface area contributed by atoms with Crippen molar-refractivity contribution in [1.29, 1.82) is 0 Å². The molecule has 1 aliphatic heterocycles. The molecule has 0 radical (unpaired) electrons. The van der Waals surface area contributed by atoms with Crippen molar-refractivity contribution in [2.24, 2.45) is 5.41 Å². The maximum Gasteiger partial charge on any atom is 0.152 e. The molecule has 108 valence electrons. The molecule has 0 atom stereocenters. The summed E-state index contributed by atoms with van der Waals surface area (Å²) in [5, 5.41) is 0.843. The number of rotatable bonds is 4. The summed E-state index contributed by atoms with van der Waals surface area (Å²) in [6.07, 6.45) is 5.91. The summed E-state index contributed by atoms with van der Waals surface area (Å²) in [4.78, 5) is 7.34. The van der Waals surface area contributed by atoms with Crippen LogP contribution < -0.4 is 4.90 Å². The average molecular weight is 336 g/mol. The Labute approximate surface area is 129 Å². The molecule has 20 heavy (non-hydrogen) atoms. The Hall–Kier alpha value is -1.03. The Morgan fingerprint density at radius 3 is 2.75 bits per heavy atom. The molecule has 1 fully saturated rings. The van der Waals surface area contributed by atoms with Crippen molar-refractivity contribution in [3.8, 4) is 0 Å². The van der Waals surface area contributed by atoms with Gasteiger partial charge in [-0.15, -0.1) is 0 Å². The molecule has 0 amide bonds. The first-order valence-corrected chi connectivity index (χ1v) is 8.62. The molecule has 2 aromatic heterocycles. The van der Waals surface area contributed by atoms with Crippen LogP contribution in [0.15, 0.2) is 24.4 Å². The Morgan fingerprint density at radius 2 is 2.10 bits per heavy atom. The van der Waals surface area contributed by atoms with Gasteiger partial charge >= 0.3 is 0 Å². The van der Waals surface area contributed by atoms with Crippen LogP contribution in [0.25, 0.3) is 5.65 Å². The van der Waals surface area contributed by atoms with Crippen LogP contribution in [-0.2, 0) is 5.33 Å². The number of imidazole rings is 1. The first kappa shape index (κ1) is 13.9. The van der Waals surface area contributed by atoms with Gasteiger partial charge in [0.25, 0.3) is 0 Å². The lowest BCUT2D eigenvalue weighted by Crippen LogP contribution is -2.27. The molecule has 0 saturated carbocycles. The van der Waals surface area contributed by atoms with Crippen molar-refractivity contribution in [3.63, 3.8) is 0 Å². The van der Waals surface area contributed by atoms with Crippen LogP contribution in [0.3, 0.4) is 0 Å². The Balaban J connectivity index is 1.99. The van der Waals surface area contributed by atoms with Gasteiger partial charge in [0.2, 0.25) is 0 Å². The fourth-order valence-electron chi connectivity index (χ4n) is 3.35. The average Bonchev–Trinajstić information content (AvgIpc) is 3.08. The molecule has 3 rings (SSSR count). The molecule has 3 nitrogen and oxygen atoms in total. The van der Waals surface area contributed by atoms with E-state index >= 15 is 0 Å². The number of nitrogens with zero attached hydrogens (tertiary/aromatic N) is 3. The smallest absolute Gasteiger partial charge is 0.152 e. The number of aromatic nitrogens is 2. The number of alkyl halides is 1. The Morgan fingerprint density at radius 1 is 1.30 bits per heavy atom. The summed E-state index contributed by atoms with van der Waals surface area (Å²) >= 11 is 3.63. The predicted molar refractivity (Wildman–Crippen MR) is 87.7 cm³/mol. The second kappa shape index (κ2) is 5.40. The highest BCUT2D eigenvalue weighted by Crippen LogP contribution is 2.40. The molecule has 3 heterocycles. The largest absolute Gasteiger partial charge is 0.354 e. The van der Waals surface area contributed by atoms with Crippen LogP contribution in [0.2, 0.25) is 0 Å². The summed E-state index contributed by atoms with van der Waals surface area (Å²) < 4.78 is 2.20. The minimum Gasteiger partial charge on any atom is -0.354 e. The maximum atomic E-state index is 4.86. The monoisotopic (exact) mass is 335 g/mol. The van der Waals surface area contributed by atoms with Gasteiger partial charge in [-0.05, 0) is 36.8 Å². The third kappa shape index (κ3) is 2.14. The normalized spacial score (nSPS) is 18.1. The van der Waals surface area contributed by atoms with E-state index in [1.54, 1.807) is 0 Å². The van der Waals surface area contributed by atoms with Crippen LogP contribution in [0.4, 0.5) is 5.82 Å². The third-order valence-electron chi connectivity index (χ3n) is 4.97. The summed E-state index contributed by atoms with van der Waals surface area (Å²) in [5.74, 6) is 1.16. The van der Waals surface area contributed by atoms with Crippen molar-refractivity contribution in [1.82, 2.24) is 9.38 Å². The van der Waals surface area contributed by atoms with E-state index in [0.717, 1.165) is 29.9 Å². The molecule has 0 spiro atoms. The number of halogens is 1. The van der Waals surface area contributed by atoms with Crippen molar-refractivity contribution in [3.05, 3.63) is 30.1 Å². The van der Waals surface area contributed by atoms with Gasteiger partial charge in [0, 0.05) is 24.6 Å². The Bertz CT molecular complexity index is 601.